The molecule has 0 aromatic heterocycles. The van der Waals surface area contributed by atoms with Gasteiger partial charge in [-0.15, -0.1) is 0 Å². The van der Waals surface area contributed by atoms with E-state index < -0.39 is 5.60 Å². The van der Waals surface area contributed by atoms with E-state index in [-0.39, 0.29) is 6.10 Å². The van der Waals surface area contributed by atoms with E-state index in [1.807, 2.05) is 6.92 Å². The molecule has 2 rings (SSSR count). The Hall–Kier alpha value is -0.160. The van der Waals surface area contributed by atoms with Gasteiger partial charge in [-0.1, -0.05) is 12.8 Å². The first-order chi connectivity index (χ1) is 8.15. The van der Waals surface area contributed by atoms with Crippen LogP contribution >= 0.6 is 0 Å². The van der Waals surface area contributed by atoms with Crippen molar-refractivity contribution >= 4 is 0 Å². The van der Waals surface area contributed by atoms with E-state index in [9.17, 15) is 5.11 Å². The summed E-state index contributed by atoms with van der Waals surface area (Å²) >= 11 is 0. The smallest absolute Gasteiger partial charge is 0.105 e. The summed E-state index contributed by atoms with van der Waals surface area (Å²) in [6.45, 7) is 3.22. The molecular weight excluding hydrogens is 218 g/mol. The van der Waals surface area contributed by atoms with E-state index in [2.05, 4.69) is 5.32 Å². The van der Waals surface area contributed by atoms with Gasteiger partial charge in [0.2, 0.25) is 0 Å². The highest BCUT2D eigenvalue weighted by Gasteiger charge is 2.40. The Balaban J connectivity index is 1.84. The molecule has 0 amide bonds. The second-order valence-electron chi connectivity index (χ2n) is 5.41. The van der Waals surface area contributed by atoms with Gasteiger partial charge in [-0.25, -0.2) is 0 Å². The van der Waals surface area contributed by atoms with Gasteiger partial charge in [-0.05, 0) is 19.8 Å². The van der Waals surface area contributed by atoms with E-state index in [1.165, 1.54) is 12.8 Å². The van der Waals surface area contributed by atoms with E-state index >= 15 is 0 Å². The highest BCUT2D eigenvalue weighted by atomic mass is 16.5. The third kappa shape index (κ3) is 2.99. The van der Waals surface area contributed by atoms with Gasteiger partial charge in [0.15, 0.2) is 0 Å². The van der Waals surface area contributed by atoms with Crippen molar-refractivity contribution in [2.45, 2.75) is 62.9 Å². The first-order valence-electron chi connectivity index (χ1n) is 6.76. The largest absolute Gasteiger partial charge is 0.386 e. The SMILES string of the molecule is COC1CCCCC1NCC1(O)CCOC1C. The molecule has 0 aromatic rings. The van der Waals surface area contributed by atoms with Crippen molar-refractivity contribution in [1.29, 1.82) is 0 Å². The predicted molar refractivity (Wildman–Crippen MR) is 66.0 cm³/mol. The first-order valence-corrected chi connectivity index (χ1v) is 6.76. The summed E-state index contributed by atoms with van der Waals surface area (Å²) in [6, 6.07) is 0.380. The molecule has 4 heteroatoms. The molecule has 100 valence electrons. The minimum absolute atomic E-state index is 0.0698. The van der Waals surface area contributed by atoms with Gasteiger partial charge in [0, 0.05) is 32.7 Å². The quantitative estimate of drug-likeness (QED) is 0.775. The molecule has 1 aliphatic heterocycles. The lowest BCUT2D eigenvalue weighted by Gasteiger charge is -2.34. The molecule has 0 aromatic carbocycles. The molecule has 0 radical (unpaired) electrons. The van der Waals surface area contributed by atoms with Gasteiger partial charge in [-0.2, -0.15) is 0 Å². The highest BCUT2D eigenvalue weighted by molar-refractivity contribution is 4.94. The average Bonchev–Trinajstić information content (AvgIpc) is 2.68. The van der Waals surface area contributed by atoms with Crippen molar-refractivity contribution < 1.29 is 14.6 Å². The number of aliphatic hydroxyl groups is 1. The zero-order valence-electron chi connectivity index (χ0n) is 10.9. The number of rotatable bonds is 4. The van der Waals surface area contributed by atoms with Gasteiger partial charge in [0.1, 0.15) is 5.60 Å². The third-order valence-electron chi connectivity index (χ3n) is 4.34. The Bertz CT molecular complexity index is 249. The molecular formula is C13H25NO3. The predicted octanol–water partition coefficient (Wildman–Crippen LogP) is 1.07. The molecule has 4 atom stereocenters. The van der Waals surface area contributed by atoms with Gasteiger partial charge in [-0.3, -0.25) is 0 Å². The van der Waals surface area contributed by atoms with E-state index in [0.29, 0.717) is 25.3 Å². The monoisotopic (exact) mass is 243 g/mol. The van der Waals surface area contributed by atoms with Crippen molar-refractivity contribution in [1.82, 2.24) is 5.32 Å². The molecule has 1 saturated carbocycles. The lowest BCUT2D eigenvalue weighted by atomic mass is 9.90. The third-order valence-corrected chi connectivity index (χ3v) is 4.34. The van der Waals surface area contributed by atoms with Gasteiger partial charge >= 0.3 is 0 Å². The van der Waals surface area contributed by atoms with Crippen LogP contribution in [-0.2, 0) is 9.47 Å². The normalized spacial score (nSPS) is 42.9. The number of hydrogen-bond acceptors (Lipinski definition) is 4. The molecule has 2 aliphatic rings. The molecule has 4 nitrogen and oxygen atoms in total. The first kappa shape index (κ1) is 13.3. The van der Waals surface area contributed by atoms with Crippen LogP contribution in [0.4, 0.5) is 0 Å². The summed E-state index contributed by atoms with van der Waals surface area (Å²) < 4.78 is 10.9. The van der Waals surface area contributed by atoms with E-state index in [1.54, 1.807) is 7.11 Å². The second kappa shape index (κ2) is 5.65. The van der Waals surface area contributed by atoms with Crippen LogP contribution in [0.3, 0.4) is 0 Å². The van der Waals surface area contributed by atoms with Crippen LogP contribution in [0.5, 0.6) is 0 Å². The van der Waals surface area contributed by atoms with Crippen molar-refractivity contribution in [2.75, 3.05) is 20.3 Å². The maximum absolute atomic E-state index is 10.4. The van der Waals surface area contributed by atoms with Crippen LogP contribution in [0, 0.1) is 0 Å². The fourth-order valence-corrected chi connectivity index (χ4v) is 2.92. The summed E-state index contributed by atoms with van der Waals surface area (Å²) in [7, 11) is 1.78. The molecule has 0 bridgehead atoms. The number of ether oxygens (including phenoxy) is 2. The van der Waals surface area contributed by atoms with Crippen molar-refractivity contribution in [2.24, 2.45) is 0 Å². The van der Waals surface area contributed by atoms with Gasteiger partial charge in [0.05, 0.1) is 12.2 Å². The molecule has 1 aliphatic carbocycles. The topological polar surface area (TPSA) is 50.7 Å². The van der Waals surface area contributed by atoms with Gasteiger partial charge < -0.3 is 19.9 Å². The van der Waals surface area contributed by atoms with Crippen molar-refractivity contribution in [3.63, 3.8) is 0 Å². The summed E-state index contributed by atoms with van der Waals surface area (Å²) in [4.78, 5) is 0. The molecule has 0 spiro atoms. The van der Waals surface area contributed by atoms with Crippen LogP contribution in [0.25, 0.3) is 0 Å². The minimum atomic E-state index is -0.699. The molecule has 1 saturated heterocycles. The Morgan fingerprint density at radius 3 is 2.82 bits per heavy atom. The fourth-order valence-electron chi connectivity index (χ4n) is 2.92. The number of nitrogens with one attached hydrogen (secondary N) is 1. The molecule has 4 unspecified atom stereocenters. The van der Waals surface area contributed by atoms with Crippen LogP contribution < -0.4 is 5.32 Å². The summed E-state index contributed by atoms with van der Waals surface area (Å²) in [5.74, 6) is 0. The van der Waals surface area contributed by atoms with Crippen LogP contribution in [0.2, 0.25) is 0 Å². The number of methoxy groups -OCH3 is 1. The van der Waals surface area contributed by atoms with Crippen LogP contribution in [0.15, 0.2) is 0 Å². The molecule has 2 N–H and O–H groups in total. The minimum Gasteiger partial charge on any atom is -0.386 e. The van der Waals surface area contributed by atoms with Crippen LogP contribution in [0.1, 0.15) is 39.0 Å². The Morgan fingerprint density at radius 2 is 2.18 bits per heavy atom. The average molecular weight is 243 g/mol. The zero-order chi connectivity index (χ0) is 12.3. The summed E-state index contributed by atoms with van der Waals surface area (Å²) in [5.41, 5.74) is -0.699. The molecule has 1 heterocycles. The molecule has 17 heavy (non-hydrogen) atoms. The standard InChI is InChI=1S/C13H25NO3/c1-10-13(15,7-8-17-10)9-14-11-5-3-4-6-12(11)16-2/h10-12,14-15H,3-9H2,1-2H3. The highest BCUT2D eigenvalue weighted by Crippen LogP contribution is 2.26. The van der Waals surface area contributed by atoms with E-state index in [0.717, 1.165) is 19.3 Å². The lowest BCUT2D eigenvalue weighted by molar-refractivity contribution is -0.0348. The van der Waals surface area contributed by atoms with Crippen molar-refractivity contribution in [3.05, 3.63) is 0 Å². The molecule has 2 fully saturated rings. The summed E-state index contributed by atoms with van der Waals surface area (Å²) in [6.07, 6.45) is 5.72. The van der Waals surface area contributed by atoms with Crippen molar-refractivity contribution in [3.8, 4) is 0 Å². The summed E-state index contributed by atoms with van der Waals surface area (Å²) in [5, 5.41) is 13.9. The maximum Gasteiger partial charge on any atom is 0.105 e. The zero-order valence-corrected chi connectivity index (χ0v) is 10.9. The number of hydrogen-bond donors (Lipinski definition) is 2. The van der Waals surface area contributed by atoms with Crippen LogP contribution in [-0.4, -0.2) is 49.2 Å². The Labute approximate surface area is 104 Å². The van der Waals surface area contributed by atoms with E-state index in [4.69, 9.17) is 9.47 Å². The Morgan fingerprint density at radius 1 is 1.41 bits per heavy atom. The lowest BCUT2D eigenvalue weighted by Crippen LogP contribution is -2.52. The Kier molecular flexibility index (Phi) is 4.42. The van der Waals surface area contributed by atoms with Gasteiger partial charge in [0.25, 0.3) is 0 Å². The second-order valence-corrected chi connectivity index (χ2v) is 5.41. The maximum atomic E-state index is 10.4. The fraction of sp³-hybridized carbons (Fsp3) is 1.00.